The maximum Gasteiger partial charge on any atom is 0.326 e. The number of carboxylic acids is 1. The SMILES string of the molecule is CC(C)[C@H](NC(=O)C1COc2ccccc21)C(=O)O. The number of rotatable bonds is 4. The van der Waals surface area contributed by atoms with E-state index in [-0.39, 0.29) is 18.4 Å². The average Bonchev–Trinajstić information content (AvgIpc) is 2.78. The van der Waals surface area contributed by atoms with Crippen LogP contribution in [0.3, 0.4) is 0 Å². The molecule has 1 heterocycles. The molecule has 1 aromatic rings. The summed E-state index contributed by atoms with van der Waals surface area (Å²) in [6, 6.07) is 6.44. The number of hydrogen-bond acceptors (Lipinski definition) is 3. The molecular weight excluding hydrogens is 246 g/mol. The molecule has 0 spiro atoms. The topological polar surface area (TPSA) is 75.6 Å². The zero-order chi connectivity index (χ0) is 14.0. The highest BCUT2D eigenvalue weighted by molar-refractivity contribution is 5.89. The number of carbonyl (C=O) groups is 2. The third-order valence-corrected chi connectivity index (χ3v) is 3.25. The lowest BCUT2D eigenvalue weighted by Gasteiger charge is -2.19. The minimum Gasteiger partial charge on any atom is -0.492 e. The molecule has 2 atom stereocenters. The highest BCUT2D eigenvalue weighted by Crippen LogP contribution is 2.33. The number of carboxylic acid groups (broad SMARTS) is 1. The molecule has 1 aliphatic heterocycles. The van der Waals surface area contributed by atoms with E-state index in [9.17, 15) is 9.59 Å². The quantitative estimate of drug-likeness (QED) is 0.860. The van der Waals surface area contributed by atoms with Crippen LogP contribution in [0.2, 0.25) is 0 Å². The van der Waals surface area contributed by atoms with E-state index in [0.29, 0.717) is 5.75 Å². The second-order valence-corrected chi connectivity index (χ2v) is 4.97. The van der Waals surface area contributed by atoms with Crippen LogP contribution in [0, 0.1) is 5.92 Å². The second-order valence-electron chi connectivity index (χ2n) is 4.97. The van der Waals surface area contributed by atoms with Crippen LogP contribution in [0.4, 0.5) is 0 Å². The highest BCUT2D eigenvalue weighted by Gasteiger charge is 2.33. The van der Waals surface area contributed by atoms with Gasteiger partial charge in [-0.15, -0.1) is 0 Å². The van der Waals surface area contributed by atoms with Gasteiger partial charge in [0.15, 0.2) is 0 Å². The van der Waals surface area contributed by atoms with Gasteiger partial charge in [0.1, 0.15) is 24.3 Å². The number of para-hydroxylation sites is 1. The van der Waals surface area contributed by atoms with Crippen LogP contribution in [-0.4, -0.2) is 29.6 Å². The van der Waals surface area contributed by atoms with Crippen molar-refractivity contribution in [1.29, 1.82) is 0 Å². The van der Waals surface area contributed by atoms with Gasteiger partial charge >= 0.3 is 5.97 Å². The molecule has 1 amide bonds. The lowest BCUT2D eigenvalue weighted by molar-refractivity contribution is -0.143. The number of amides is 1. The van der Waals surface area contributed by atoms with E-state index in [1.165, 1.54) is 0 Å². The summed E-state index contributed by atoms with van der Waals surface area (Å²) in [7, 11) is 0. The lowest BCUT2D eigenvalue weighted by atomic mass is 9.98. The number of carbonyl (C=O) groups excluding carboxylic acids is 1. The van der Waals surface area contributed by atoms with Crippen LogP contribution < -0.4 is 10.1 Å². The van der Waals surface area contributed by atoms with Crippen molar-refractivity contribution in [2.45, 2.75) is 25.8 Å². The maximum atomic E-state index is 12.2. The molecule has 0 fully saturated rings. The number of benzene rings is 1. The van der Waals surface area contributed by atoms with Gasteiger partial charge in [-0.05, 0) is 12.0 Å². The number of aliphatic carboxylic acids is 1. The fourth-order valence-electron chi connectivity index (χ4n) is 2.15. The third kappa shape index (κ3) is 2.70. The van der Waals surface area contributed by atoms with Crippen molar-refractivity contribution in [2.24, 2.45) is 5.92 Å². The zero-order valence-corrected chi connectivity index (χ0v) is 10.9. The minimum atomic E-state index is -1.02. The highest BCUT2D eigenvalue weighted by atomic mass is 16.5. The van der Waals surface area contributed by atoms with Crippen LogP contribution in [0.5, 0.6) is 5.75 Å². The molecule has 2 N–H and O–H groups in total. The van der Waals surface area contributed by atoms with E-state index >= 15 is 0 Å². The fourth-order valence-corrected chi connectivity index (χ4v) is 2.15. The van der Waals surface area contributed by atoms with Gasteiger partial charge in [0, 0.05) is 5.56 Å². The summed E-state index contributed by atoms with van der Waals surface area (Å²) < 4.78 is 5.43. The Morgan fingerprint density at radius 2 is 2.05 bits per heavy atom. The van der Waals surface area contributed by atoms with Gasteiger partial charge < -0.3 is 15.2 Å². The first-order valence-corrected chi connectivity index (χ1v) is 6.25. The fraction of sp³-hybridized carbons (Fsp3) is 0.429. The third-order valence-electron chi connectivity index (χ3n) is 3.25. The van der Waals surface area contributed by atoms with E-state index in [1.807, 2.05) is 18.2 Å². The van der Waals surface area contributed by atoms with Gasteiger partial charge in [-0.2, -0.15) is 0 Å². The molecule has 0 radical (unpaired) electrons. The Balaban J connectivity index is 2.12. The Kier molecular flexibility index (Phi) is 3.74. The van der Waals surface area contributed by atoms with Crippen molar-refractivity contribution in [3.8, 4) is 5.75 Å². The van der Waals surface area contributed by atoms with E-state index in [1.54, 1.807) is 19.9 Å². The molecule has 0 aromatic heterocycles. The van der Waals surface area contributed by atoms with Gasteiger partial charge in [-0.25, -0.2) is 4.79 Å². The summed E-state index contributed by atoms with van der Waals surface area (Å²) in [5.41, 5.74) is 0.813. The molecule has 102 valence electrons. The van der Waals surface area contributed by atoms with Crippen LogP contribution in [0.1, 0.15) is 25.3 Å². The Morgan fingerprint density at radius 3 is 2.68 bits per heavy atom. The summed E-state index contributed by atoms with van der Waals surface area (Å²) >= 11 is 0. The number of ether oxygens (including phenoxy) is 1. The molecule has 5 heteroatoms. The molecule has 0 saturated carbocycles. The number of hydrogen-bond donors (Lipinski definition) is 2. The predicted octanol–water partition coefficient (Wildman–Crippen LogP) is 1.39. The Labute approximate surface area is 111 Å². The maximum absolute atomic E-state index is 12.2. The first-order chi connectivity index (χ1) is 9.00. The Bertz CT molecular complexity index is 498. The lowest BCUT2D eigenvalue weighted by Crippen LogP contribution is -2.46. The van der Waals surface area contributed by atoms with E-state index in [4.69, 9.17) is 9.84 Å². The van der Waals surface area contributed by atoms with E-state index < -0.39 is 17.9 Å². The van der Waals surface area contributed by atoms with Crippen LogP contribution in [0.25, 0.3) is 0 Å². The molecule has 0 bridgehead atoms. The smallest absolute Gasteiger partial charge is 0.326 e. The molecule has 1 aliphatic rings. The first kappa shape index (κ1) is 13.4. The Hall–Kier alpha value is -2.04. The van der Waals surface area contributed by atoms with Crippen molar-refractivity contribution >= 4 is 11.9 Å². The number of fused-ring (bicyclic) bond motifs is 1. The summed E-state index contributed by atoms with van der Waals surface area (Å²) in [6.07, 6.45) is 0. The van der Waals surface area contributed by atoms with Crippen molar-refractivity contribution in [3.63, 3.8) is 0 Å². The molecule has 1 unspecified atom stereocenters. The van der Waals surface area contributed by atoms with Crippen molar-refractivity contribution in [2.75, 3.05) is 6.61 Å². The molecule has 2 rings (SSSR count). The van der Waals surface area contributed by atoms with Gasteiger partial charge in [-0.3, -0.25) is 4.79 Å². The minimum absolute atomic E-state index is 0.168. The van der Waals surface area contributed by atoms with E-state index in [2.05, 4.69) is 5.32 Å². The summed E-state index contributed by atoms with van der Waals surface area (Å²) in [5, 5.41) is 11.7. The molecule has 1 aromatic carbocycles. The zero-order valence-electron chi connectivity index (χ0n) is 10.9. The number of nitrogens with one attached hydrogen (secondary N) is 1. The van der Waals surface area contributed by atoms with Crippen LogP contribution in [-0.2, 0) is 9.59 Å². The molecule has 0 aliphatic carbocycles. The molecule has 0 saturated heterocycles. The largest absolute Gasteiger partial charge is 0.492 e. The van der Waals surface area contributed by atoms with Crippen molar-refractivity contribution < 1.29 is 19.4 Å². The van der Waals surface area contributed by atoms with E-state index in [0.717, 1.165) is 5.56 Å². The normalized spacial score (nSPS) is 18.6. The standard InChI is InChI=1S/C14H17NO4/c1-8(2)12(14(17)18)15-13(16)10-7-19-11-6-4-3-5-9(10)11/h3-6,8,10,12H,7H2,1-2H3,(H,15,16)(H,17,18)/t10?,12-/m0/s1. The van der Waals surface area contributed by atoms with Gasteiger partial charge in [0.25, 0.3) is 0 Å². The van der Waals surface area contributed by atoms with Gasteiger partial charge in [-0.1, -0.05) is 32.0 Å². The molecule has 19 heavy (non-hydrogen) atoms. The monoisotopic (exact) mass is 263 g/mol. The van der Waals surface area contributed by atoms with Gasteiger partial charge in [0.05, 0.1) is 0 Å². The molecule has 5 nitrogen and oxygen atoms in total. The summed E-state index contributed by atoms with van der Waals surface area (Å²) in [5.74, 6) is -1.23. The van der Waals surface area contributed by atoms with Crippen molar-refractivity contribution in [1.82, 2.24) is 5.32 Å². The average molecular weight is 263 g/mol. The first-order valence-electron chi connectivity index (χ1n) is 6.25. The van der Waals surface area contributed by atoms with Gasteiger partial charge in [0.2, 0.25) is 5.91 Å². The van der Waals surface area contributed by atoms with Crippen molar-refractivity contribution in [3.05, 3.63) is 29.8 Å². The second kappa shape index (κ2) is 5.30. The summed E-state index contributed by atoms with van der Waals surface area (Å²) in [6.45, 7) is 3.78. The molecular formula is C14H17NO4. The predicted molar refractivity (Wildman–Crippen MR) is 69.1 cm³/mol. The summed E-state index contributed by atoms with van der Waals surface area (Å²) in [4.78, 5) is 23.3. The van der Waals surface area contributed by atoms with Crippen LogP contribution in [0.15, 0.2) is 24.3 Å². The van der Waals surface area contributed by atoms with Crippen LogP contribution >= 0.6 is 0 Å². The Morgan fingerprint density at radius 1 is 1.37 bits per heavy atom.